The van der Waals surface area contributed by atoms with E-state index < -0.39 is 29.6 Å². The average Bonchev–Trinajstić information content (AvgIpc) is 2.95. The van der Waals surface area contributed by atoms with Gasteiger partial charge in [0.15, 0.2) is 18.1 Å². The predicted octanol–water partition coefficient (Wildman–Crippen LogP) is 4.31. The van der Waals surface area contributed by atoms with Crippen molar-refractivity contribution in [3.63, 3.8) is 0 Å². The van der Waals surface area contributed by atoms with Crippen LogP contribution in [0.4, 0.5) is 20.6 Å². The van der Waals surface area contributed by atoms with Crippen LogP contribution in [0.2, 0.25) is 0 Å². The van der Waals surface area contributed by atoms with E-state index in [4.69, 9.17) is 14.2 Å². The van der Waals surface area contributed by atoms with Crippen LogP contribution in [0.15, 0.2) is 72.3 Å². The van der Waals surface area contributed by atoms with Gasteiger partial charge >= 0.3 is 6.03 Å². The minimum absolute atomic E-state index is 0.198. The normalized spacial score (nSPS) is 14.1. The molecule has 0 radical (unpaired) electrons. The van der Waals surface area contributed by atoms with E-state index in [1.807, 2.05) is 6.92 Å². The van der Waals surface area contributed by atoms with Gasteiger partial charge in [-0.1, -0.05) is 19.1 Å². The first-order chi connectivity index (χ1) is 19.3. The Morgan fingerprint density at radius 3 is 2.38 bits per heavy atom. The van der Waals surface area contributed by atoms with Crippen molar-refractivity contribution < 1.29 is 37.8 Å². The fourth-order valence-electron chi connectivity index (χ4n) is 3.72. The molecule has 0 spiro atoms. The molecule has 0 atom stereocenters. The molecule has 5 amide bonds. The van der Waals surface area contributed by atoms with Crippen molar-refractivity contribution in [2.24, 2.45) is 0 Å². The van der Waals surface area contributed by atoms with Crippen LogP contribution >= 0.6 is 0 Å². The molecule has 1 fully saturated rings. The molecular weight excluding hydrogens is 521 g/mol. The molecule has 1 heterocycles. The number of amides is 5. The van der Waals surface area contributed by atoms with E-state index in [0.29, 0.717) is 35.1 Å². The van der Waals surface area contributed by atoms with Gasteiger partial charge in [-0.15, -0.1) is 0 Å². The number of nitrogens with zero attached hydrogens (tertiary/aromatic N) is 1. The van der Waals surface area contributed by atoms with E-state index in [1.165, 1.54) is 49.6 Å². The summed E-state index contributed by atoms with van der Waals surface area (Å²) < 4.78 is 29.4. The second kappa shape index (κ2) is 12.6. The van der Waals surface area contributed by atoms with Gasteiger partial charge in [-0.2, -0.15) is 0 Å². The highest BCUT2D eigenvalue weighted by Gasteiger charge is 2.37. The second-order valence-corrected chi connectivity index (χ2v) is 8.55. The predicted molar refractivity (Wildman–Crippen MR) is 145 cm³/mol. The average molecular weight is 548 g/mol. The monoisotopic (exact) mass is 547 g/mol. The topological polar surface area (TPSA) is 123 Å². The lowest BCUT2D eigenvalue weighted by Crippen LogP contribution is -2.54. The van der Waals surface area contributed by atoms with Gasteiger partial charge in [0.1, 0.15) is 17.1 Å². The Labute approximate surface area is 229 Å². The Balaban J connectivity index is 1.45. The number of methoxy groups -OCH3 is 1. The van der Waals surface area contributed by atoms with Crippen LogP contribution in [-0.2, 0) is 14.4 Å². The first-order valence-electron chi connectivity index (χ1n) is 12.3. The second-order valence-electron chi connectivity index (χ2n) is 8.55. The highest BCUT2D eigenvalue weighted by Crippen LogP contribution is 2.33. The Morgan fingerprint density at radius 2 is 1.70 bits per heavy atom. The number of urea groups is 1. The van der Waals surface area contributed by atoms with Gasteiger partial charge in [0.05, 0.1) is 19.4 Å². The number of anilines is 2. The highest BCUT2D eigenvalue weighted by molar-refractivity contribution is 6.39. The summed E-state index contributed by atoms with van der Waals surface area (Å²) in [5.41, 5.74) is 0.859. The number of barbiturate groups is 1. The number of carbonyl (C=O) groups excluding carboxylic acids is 4. The maximum Gasteiger partial charge on any atom is 0.335 e. The Hall–Kier alpha value is -5.19. The number of halogens is 1. The number of hydrogen-bond donors (Lipinski definition) is 2. The Bertz CT molecular complexity index is 1450. The van der Waals surface area contributed by atoms with Gasteiger partial charge in [-0.25, -0.2) is 14.1 Å². The third-order valence-corrected chi connectivity index (χ3v) is 5.66. The van der Waals surface area contributed by atoms with Crippen molar-refractivity contribution in [3.05, 3.63) is 83.7 Å². The summed E-state index contributed by atoms with van der Waals surface area (Å²) in [5, 5.41) is 4.76. The summed E-state index contributed by atoms with van der Waals surface area (Å²) in [6, 6.07) is 15.3. The van der Waals surface area contributed by atoms with Crippen LogP contribution in [0, 0.1) is 5.82 Å². The standard InChI is InChI=1S/C29H26FN3O7/c1-3-14-39-24-13-10-21(16-25(24)38-2)33-28(36)23(27(35)32-29(33)37)15-18-4-11-22(12-5-18)40-17-26(34)31-20-8-6-19(30)7-9-20/h4-13,15-16H,3,14,17H2,1-2H3,(H,31,34)(H,32,35,37)/b23-15-. The number of nitrogens with one attached hydrogen (secondary N) is 2. The van der Waals surface area contributed by atoms with Gasteiger partial charge in [-0.05, 0) is 66.6 Å². The van der Waals surface area contributed by atoms with Crippen molar-refractivity contribution in [1.29, 1.82) is 0 Å². The molecular formula is C29H26FN3O7. The summed E-state index contributed by atoms with van der Waals surface area (Å²) in [7, 11) is 1.44. The number of imide groups is 2. The first kappa shape index (κ1) is 27.8. The van der Waals surface area contributed by atoms with E-state index in [2.05, 4.69) is 10.6 Å². The lowest BCUT2D eigenvalue weighted by atomic mass is 10.1. The van der Waals surface area contributed by atoms with Crippen molar-refractivity contribution in [1.82, 2.24) is 5.32 Å². The third-order valence-electron chi connectivity index (χ3n) is 5.66. The molecule has 2 N–H and O–H groups in total. The van der Waals surface area contributed by atoms with Crippen LogP contribution in [0.3, 0.4) is 0 Å². The van der Waals surface area contributed by atoms with Gasteiger partial charge in [0.25, 0.3) is 17.7 Å². The zero-order valence-corrected chi connectivity index (χ0v) is 21.7. The smallest absolute Gasteiger partial charge is 0.335 e. The zero-order valence-electron chi connectivity index (χ0n) is 21.7. The number of hydrogen-bond acceptors (Lipinski definition) is 7. The fourth-order valence-corrected chi connectivity index (χ4v) is 3.72. The number of ether oxygens (including phenoxy) is 3. The molecule has 40 heavy (non-hydrogen) atoms. The molecule has 11 heteroatoms. The van der Waals surface area contributed by atoms with Gasteiger partial charge in [-0.3, -0.25) is 19.7 Å². The SMILES string of the molecule is CCCOc1ccc(N2C(=O)NC(=O)/C(=C/c3ccc(OCC(=O)Nc4ccc(F)cc4)cc3)C2=O)cc1OC. The van der Waals surface area contributed by atoms with E-state index >= 15 is 0 Å². The molecule has 0 saturated carbocycles. The minimum atomic E-state index is -0.890. The summed E-state index contributed by atoms with van der Waals surface area (Å²) in [6.45, 7) is 2.13. The van der Waals surface area contributed by atoms with Crippen LogP contribution < -0.4 is 29.7 Å². The van der Waals surface area contributed by atoms with Gasteiger partial charge in [0.2, 0.25) is 0 Å². The number of rotatable bonds is 10. The fraction of sp³-hybridized carbons (Fsp3) is 0.172. The van der Waals surface area contributed by atoms with E-state index in [0.717, 1.165) is 11.3 Å². The minimum Gasteiger partial charge on any atom is -0.493 e. The lowest BCUT2D eigenvalue weighted by molar-refractivity contribution is -0.122. The maximum absolute atomic E-state index is 13.2. The molecule has 0 aliphatic carbocycles. The molecule has 0 unspecified atom stereocenters. The largest absolute Gasteiger partial charge is 0.493 e. The van der Waals surface area contributed by atoms with Crippen molar-refractivity contribution in [2.75, 3.05) is 30.5 Å². The Morgan fingerprint density at radius 1 is 0.975 bits per heavy atom. The molecule has 1 saturated heterocycles. The summed E-state index contributed by atoms with van der Waals surface area (Å²) in [5.74, 6) is -1.34. The molecule has 4 rings (SSSR count). The third kappa shape index (κ3) is 6.62. The molecule has 0 aromatic heterocycles. The first-order valence-corrected chi connectivity index (χ1v) is 12.3. The van der Waals surface area contributed by atoms with E-state index in [9.17, 15) is 23.6 Å². The number of carbonyl (C=O) groups is 4. The van der Waals surface area contributed by atoms with Crippen molar-refractivity contribution in [2.45, 2.75) is 13.3 Å². The summed E-state index contributed by atoms with van der Waals surface area (Å²) in [4.78, 5) is 51.3. The molecule has 1 aliphatic heterocycles. The summed E-state index contributed by atoms with van der Waals surface area (Å²) in [6.07, 6.45) is 2.13. The Kier molecular flexibility index (Phi) is 8.75. The molecule has 10 nitrogen and oxygen atoms in total. The molecule has 3 aromatic rings. The quantitative estimate of drug-likeness (QED) is 0.286. The van der Waals surface area contributed by atoms with Crippen molar-refractivity contribution >= 4 is 41.2 Å². The number of benzene rings is 3. The lowest BCUT2D eigenvalue weighted by Gasteiger charge is -2.27. The van der Waals surface area contributed by atoms with E-state index in [-0.39, 0.29) is 17.9 Å². The maximum atomic E-state index is 13.2. The van der Waals surface area contributed by atoms with Crippen LogP contribution in [0.1, 0.15) is 18.9 Å². The van der Waals surface area contributed by atoms with Crippen LogP contribution in [-0.4, -0.2) is 44.1 Å². The highest BCUT2D eigenvalue weighted by atomic mass is 19.1. The molecule has 206 valence electrons. The van der Waals surface area contributed by atoms with E-state index in [1.54, 1.807) is 30.3 Å². The van der Waals surface area contributed by atoms with Crippen molar-refractivity contribution in [3.8, 4) is 17.2 Å². The molecule has 1 aliphatic rings. The van der Waals surface area contributed by atoms with Gasteiger partial charge in [0, 0.05) is 11.8 Å². The van der Waals surface area contributed by atoms with Crippen LogP contribution in [0.25, 0.3) is 6.08 Å². The molecule has 0 bridgehead atoms. The zero-order chi connectivity index (χ0) is 28.6. The van der Waals surface area contributed by atoms with Crippen LogP contribution in [0.5, 0.6) is 17.2 Å². The summed E-state index contributed by atoms with van der Waals surface area (Å²) >= 11 is 0. The molecule has 3 aromatic carbocycles. The van der Waals surface area contributed by atoms with Gasteiger partial charge < -0.3 is 19.5 Å².